The molecule has 5 aromatic carbocycles. The van der Waals surface area contributed by atoms with Crippen molar-refractivity contribution in [1.82, 2.24) is 77.7 Å². The first-order valence-corrected chi connectivity index (χ1v) is 33.2. The van der Waals surface area contributed by atoms with Gasteiger partial charge >= 0.3 is 0 Å². The normalized spacial score (nSPS) is 16.5. The van der Waals surface area contributed by atoms with Gasteiger partial charge in [0.2, 0.25) is 59.1 Å². The van der Waals surface area contributed by atoms with Crippen LogP contribution in [0, 0.1) is 0 Å². The second-order valence-corrected chi connectivity index (χ2v) is 25.1. The monoisotopic (exact) mass is 1360 g/mol. The van der Waals surface area contributed by atoms with Crippen molar-refractivity contribution in [2.24, 2.45) is 0 Å². The standard InChI is InChI=1S/C72H79N15O13/c1-2-74-71(99)62-16-9-27-87(62)72(100)60(29-41-19-23-47(90)24-20-41)85-67(95)57(31-43-35-76-52-14-7-4-11-49(43)52)82-66(94)56(30-42-34-75-51-13-6-3-10-48(42)51)81-65(93)55(28-40-17-21-46(89)22-18-40)80-70(98)61(38-88)86-68(96)58(32-44-36-77-53-15-8-5-12-50(44)53)83-69(97)59(33-45-37-73-39-78-45)84-64(92)54-25-26-63(91)79-54/h3-8,10-15,17-24,34-37,39,54-62,75-77,88-90H,2,9,16,25-33,38H2,1H3,(H,73,78)(H,74,99)(H,79,91)(H,80,98)(H,81,93)(H,82,94)(H,83,97)(H,84,92)(H,85,95)(H,86,96)/t54-,55-,56+,57-,58-,59-,60-,61-,62-/m0/s1. The van der Waals surface area contributed by atoms with Crippen LogP contribution in [-0.4, -0.2) is 178 Å². The number of aromatic amines is 4. The number of imidazole rings is 1. The van der Waals surface area contributed by atoms with Crippen molar-refractivity contribution in [1.29, 1.82) is 0 Å². The van der Waals surface area contributed by atoms with Crippen LogP contribution < -0.4 is 47.9 Å². The lowest BCUT2D eigenvalue weighted by atomic mass is 9.99. The van der Waals surface area contributed by atoms with E-state index in [1.165, 1.54) is 53.8 Å². The van der Waals surface area contributed by atoms with Gasteiger partial charge in [-0.1, -0.05) is 78.9 Å². The number of fused-ring (bicyclic) bond motifs is 3. The molecule has 2 fully saturated rings. The van der Waals surface area contributed by atoms with Gasteiger partial charge in [-0.15, -0.1) is 0 Å². The van der Waals surface area contributed by atoms with Gasteiger partial charge in [-0.25, -0.2) is 4.98 Å². The number of para-hydroxylation sites is 3. The Morgan fingerprint density at radius 3 is 1.35 bits per heavy atom. The molecule has 11 rings (SSSR count). The molecule has 0 radical (unpaired) electrons. The van der Waals surface area contributed by atoms with Gasteiger partial charge in [0.1, 0.15) is 65.9 Å². The fraction of sp³-hybridized carbons (Fsp3) is 0.319. The molecule has 2 aliphatic rings. The second kappa shape index (κ2) is 32.0. The summed E-state index contributed by atoms with van der Waals surface area (Å²) in [6, 6.07) is 21.3. The number of likely N-dealkylation sites (N-methyl/N-ethyl adjacent to an activating group) is 1. The molecule has 0 aliphatic carbocycles. The zero-order valence-corrected chi connectivity index (χ0v) is 54.6. The molecule has 2 aliphatic heterocycles. The minimum absolute atomic E-state index is 0.0301. The third-order valence-electron chi connectivity index (χ3n) is 18.1. The van der Waals surface area contributed by atoms with Crippen molar-refractivity contribution >= 4 is 91.8 Å². The first kappa shape index (κ1) is 69.5. The molecule has 0 saturated carbocycles. The first-order valence-electron chi connectivity index (χ1n) is 33.2. The zero-order chi connectivity index (χ0) is 70.4. The molecule has 4 aromatic heterocycles. The highest BCUT2D eigenvalue weighted by molar-refractivity contribution is 6.00. The predicted octanol–water partition coefficient (Wildman–Crippen LogP) is 1.81. The van der Waals surface area contributed by atoms with E-state index < -0.39 is 108 Å². The van der Waals surface area contributed by atoms with Crippen LogP contribution in [-0.2, 0) is 86.5 Å². The van der Waals surface area contributed by atoms with Crippen LogP contribution in [0.2, 0.25) is 0 Å². The van der Waals surface area contributed by atoms with Crippen LogP contribution >= 0.6 is 0 Å². The molecule has 0 spiro atoms. The van der Waals surface area contributed by atoms with E-state index in [2.05, 4.69) is 72.8 Å². The summed E-state index contributed by atoms with van der Waals surface area (Å²) < 4.78 is 0. The van der Waals surface area contributed by atoms with Crippen molar-refractivity contribution < 1.29 is 63.3 Å². The fourth-order valence-electron chi connectivity index (χ4n) is 12.9. The van der Waals surface area contributed by atoms with Crippen molar-refractivity contribution in [2.75, 3.05) is 19.7 Å². The maximum absolute atomic E-state index is 15.5. The highest BCUT2D eigenvalue weighted by Gasteiger charge is 2.40. The molecular formula is C72H79N15O13. The van der Waals surface area contributed by atoms with Crippen molar-refractivity contribution in [3.8, 4) is 11.5 Å². The topological polar surface area (TPSA) is 419 Å². The van der Waals surface area contributed by atoms with Gasteiger partial charge in [-0.3, -0.25) is 47.9 Å². The summed E-state index contributed by atoms with van der Waals surface area (Å²) in [5.74, 6) is -7.50. The number of phenolic OH excluding ortho intramolecular Hbond substituents is 2. The number of hydrogen-bond donors (Lipinski definition) is 16. The van der Waals surface area contributed by atoms with Crippen molar-refractivity contribution in [3.63, 3.8) is 0 Å². The van der Waals surface area contributed by atoms with E-state index in [0.29, 0.717) is 74.7 Å². The van der Waals surface area contributed by atoms with Crippen molar-refractivity contribution in [3.05, 3.63) is 186 Å². The number of carbonyl (C=O) groups excluding carboxylic acids is 10. The number of aliphatic hydroxyl groups excluding tert-OH is 1. The minimum Gasteiger partial charge on any atom is -0.508 e. The highest BCUT2D eigenvalue weighted by atomic mass is 16.3. The number of aliphatic hydroxyl groups is 1. The molecule has 100 heavy (non-hydrogen) atoms. The molecular weight excluding hydrogens is 1280 g/mol. The Morgan fingerprint density at radius 1 is 0.500 bits per heavy atom. The molecule has 0 unspecified atom stereocenters. The molecule has 520 valence electrons. The first-order chi connectivity index (χ1) is 48.4. The molecule has 0 bridgehead atoms. The summed E-state index contributed by atoms with van der Waals surface area (Å²) in [5.41, 5.74) is 5.22. The Labute approximate surface area is 573 Å². The number of nitrogens with one attached hydrogen (secondary N) is 13. The van der Waals surface area contributed by atoms with Gasteiger partial charge in [0.05, 0.1) is 18.6 Å². The number of rotatable bonds is 30. The minimum atomic E-state index is -1.81. The summed E-state index contributed by atoms with van der Waals surface area (Å²) in [4.78, 5) is 162. The van der Waals surface area contributed by atoms with Crippen LogP contribution in [0.15, 0.2) is 152 Å². The summed E-state index contributed by atoms with van der Waals surface area (Å²) in [5, 5.41) is 58.4. The second-order valence-electron chi connectivity index (χ2n) is 25.1. The lowest BCUT2D eigenvalue weighted by Crippen LogP contribution is -2.62. The van der Waals surface area contributed by atoms with Crippen LogP contribution in [0.3, 0.4) is 0 Å². The Hall–Kier alpha value is -11.8. The maximum Gasteiger partial charge on any atom is 0.246 e. The number of nitrogens with zero attached hydrogens (tertiary/aromatic N) is 2. The summed E-state index contributed by atoms with van der Waals surface area (Å²) in [6.45, 7) is 1.28. The zero-order valence-electron chi connectivity index (χ0n) is 54.6. The van der Waals surface area contributed by atoms with E-state index in [-0.39, 0.29) is 81.2 Å². The van der Waals surface area contributed by atoms with Crippen LogP contribution in [0.4, 0.5) is 0 Å². The molecule has 6 heterocycles. The number of carbonyl (C=O) groups is 10. The van der Waals surface area contributed by atoms with Crippen molar-refractivity contribution in [2.45, 2.75) is 126 Å². The van der Waals surface area contributed by atoms with E-state index in [1.807, 2.05) is 48.5 Å². The Morgan fingerprint density at radius 2 is 0.920 bits per heavy atom. The summed E-state index contributed by atoms with van der Waals surface area (Å²) in [6.07, 6.45) is 8.07. The lowest BCUT2D eigenvalue weighted by Gasteiger charge is -2.30. The van der Waals surface area contributed by atoms with Gasteiger partial charge in [0, 0.05) is 116 Å². The molecule has 28 heteroatoms. The summed E-state index contributed by atoms with van der Waals surface area (Å²) in [7, 11) is 0. The number of aromatic nitrogens is 5. The largest absolute Gasteiger partial charge is 0.508 e. The molecule has 16 N–H and O–H groups in total. The lowest BCUT2D eigenvalue weighted by molar-refractivity contribution is -0.141. The van der Waals surface area contributed by atoms with Gasteiger partial charge in [-0.2, -0.15) is 0 Å². The van der Waals surface area contributed by atoms with Gasteiger partial charge in [0.25, 0.3) is 0 Å². The third kappa shape index (κ3) is 17.1. The smallest absolute Gasteiger partial charge is 0.246 e. The third-order valence-corrected chi connectivity index (χ3v) is 18.1. The summed E-state index contributed by atoms with van der Waals surface area (Å²) >= 11 is 0. The van der Waals surface area contributed by atoms with Crippen LogP contribution in [0.25, 0.3) is 32.7 Å². The van der Waals surface area contributed by atoms with Crippen LogP contribution in [0.1, 0.15) is 66.1 Å². The average Bonchev–Trinajstić information content (AvgIpc) is 1.57. The van der Waals surface area contributed by atoms with Gasteiger partial charge in [0.15, 0.2) is 0 Å². The molecule has 2 saturated heterocycles. The Balaban J connectivity index is 0.881. The molecule has 28 nitrogen and oxygen atoms in total. The van der Waals surface area contributed by atoms with E-state index >= 15 is 14.4 Å². The number of H-pyrrole nitrogens is 4. The van der Waals surface area contributed by atoms with E-state index in [0.717, 1.165) is 10.9 Å². The highest BCUT2D eigenvalue weighted by Crippen LogP contribution is 2.26. The molecule has 10 amide bonds. The average molecular weight is 1360 g/mol. The van der Waals surface area contributed by atoms with Gasteiger partial charge < -0.3 is 88.0 Å². The quantitative estimate of drug-likeness (QED) is 0.0306. The number of aromatic hydroxyl groups is 2. The number of amides is 10. The Kier molecular flexibility index (Phi) is 22.3. The van der Waals surface area contributed by atoms with Crippen LogP contribution in [0.5, 0.6) is 11.5 Å². The molecule has 9 aromatic rings. The SMILES string of the molecule is CCNC(=O)[C@@H]1CCCN1C(=O)[C@H](Cc1ccc(O)cc1)NC(=O)[C@H](Cc1c[nH]c2ccccc12)NC(=O)[C@@H](Cc1c[nH]c2ccccc12)NC(=O)[C@H](Cc1ccc(O)cc1)NC(=O)[C@H](CO)NC(=O)[C@H](Cc1c[nH]c2ccccc12)NC(=O)[C@H](Cc1c[nH]cn1)NC(=O)[C@@H]1CCC(=O)N1. The van der Waals surface area contributed by atoms with E-state index in [4.69, 9.17) is 0 Å². The number of phenols is 2. The van der Waals surface area contributed by atoms with Gasteiger partial charge in [-0.05, 0) is 96.5 Å². The Bertz CT molecular complexity index is 4430. The fourth-order valence-corrected chi connectivity index (χ4v) is 12.9. The number of likely N-dealkylation sites (tertiary alicyclic amines) is 1. The number of benzene rings is 5. The van der Waals surface area contributed by atoms with E-state index in [1.54, 1.807) is 61.9 Å². The maximum atomic E-state index is 15.5. The van der Waals surface area contributed by atoms with E-state index in [9.17, 15) is 48.9 Å². The predicted molar refractivity (Wildman–Crippen MR) is 367 cm³/mol. The number of hydrogen-bond acceptors (Lipinski definition) is 14. The molecule has 9 atom stereocenters.